The molecule has 7 heteroatoms. The van der Waals surface area contributed by atoms with E-state index in [0.717, 1.165) is 69.6 Å². The molecule has 2 N–H and O–H groups in total. The molecule has 1 aromatic rings. The van der Waals surface area contributed by atoms with Crippen molar-refractivity contribution in [1.29, 1.82) is 0 Å². The molecule has 1 saturated carbocycles. The molecular weight excluding hydrogens is 386 g/mol. The van der Waals surface area contributed by atoms with Crippen molar-refractivity contribution in [3.8, 4) is 0 Å². The number of urea groups is 1. The first kappa shape index (κ1) is 19.4. The number of amides is 2. The molecule has 1 unspecified atom stereocenters. The van der Waals surface area contributed by atoms with Crippen molar-refractivity contribution in [3.05, 3.63) is 28.3 Å². The molecule has 0 spiro atoms. The molecule has 1 aromatic carbocycles. The van der Waals surface area contributed by atoms with Crippen LogP contribution in [0.5, 0.6) is 0 Å². The van der Waals surface area contributed by atoms with Crippen LogP contribution in [0.4, 0.5) is 10.5 Å². The first-order chi connectivity index (χ1) is 14.0. The van der Waals surface area contributed by atoms with Crippen LogP contribution >= 0.6 is 0 Å². The zero-order chi connectivity index (χ0) is 20.0. The largest absolute Gasteiger partial charge is 0.332 e. The Morgan fingerprint density at radius 2 is 1.69 bits per heavy atom. The maximum Gasteiger partial charge on any atom is 0.332 e. The molecule has 158 valence electrons. The van der Waals surface area contributed by atoms with Crippen LogP contribution in [0, 0.1) is 5.92 Å². The van der Waals surface area contributed by atoms with Crippen LogP contribution in [0.1, 0.15) is 60.8 Å². The second-order valence-corrected chi connectivity index (χ2v) is 11.3. The zero-order valence-corrected chi connectivity index (χ0v) is 17.8. The SMILES string of the molecule is O=C(Nc1c2c(cc3c1CCC3)CCC2)NS(=O)(=O)C1CCCN(CC2CC2)C1. The van der Waals surface area contributed by atoms with E-state index in [0.29, 0.717) is 13.0 Å². The van der Waals surface area contributed by atoms with Gasteiger partial charge in [0.05, 0.1) is 5.25 Å². The van der Waals surface area contributed by atoms with Gasteiger partial charge in [0.25, 0.3) is 0 Å². The van der Waals surface area contributed by atoms with Crippen LogP contribution in [-0.4, -0.2) is 44.2 Å². The number of nitrogens with one attached hydrogen (secondary N) is 2. The van der Waals surface area contributed by atoms with E-state index in [1.165, 1.54) is 35.1 Å². The predicted octanol–water partition coefficient (Wildman–Crippen LogP) is 2.99. The van der Waals surface area contributed by atoms with Crippen LogP contribution in [0.25, 0.3) is 0 Å². The van der Waals surface area contributed by atoms with Gasteiger partial charge in [-0.25, -0.2) is 17.9 Å². The van der Waals surface area contributed by atoms with E-state index in [-0.39, 0.29) is 0 Å². The lowest BCUT2D eigenvalue weighted by Gasteiger charge is -2.32. The first-order valence-corrected chi connectivity index (χ1v) is 12.8. The minimum absolute atomic E-state index is 0.507. The van der Waals surface area contributed by atoms with Crippen LogP contribution in [0.15, 0.2) is 6.07 Å². The third-order valence-electron chi connectivity index (χ3n) is 7.06. The van der Waals surface area contributed by atoms with E-state index in [1.807, 2.05) is 0 Å². The van der Waals surface area contributed by atoms with Crippen molar-refractivity contribution in [1.82, 2.24) is 9.62 Å². The number of fused-ring (bicyclic) bond motifs is 2. The molecule has 0 radical (unpaired) electrons. The van der Waals surface area contributed by atoms with Gasteiger partial charge in [0.2, 0.25) is 10.0 Å². The number of sulfonamides is 1. The van der Waals surface area contributed by atoms with E-state index in [9.17, 15) is 13.2 Å². The van der Waals surface area contributed by atoms with Crippen molar-refractivity contribution in [2.75, 3.05) is 25.0 Å². The summed E-state index contributed by atoms with van der Waals surface area (Å²) >= 11 is 0. The number of hydrogen-bond acceptors (Lipinski definition) is 4. The topological polar surface area (TPSA) is 78.5 Å². The van der Waals surface area contributed by atoms with Crippen molar-refractivity contribution in [3.63, 3.8) is 0 Å². The van der Waals surface area contributed by atoms with E-state index in [1.54, 1.807) is 0 Å². The lowest BCUT2D eigenvalue weighted by molar-refractivity contribution is 0.221. The second-order valence-electron chi connectivity index (χ2n) is 9.30. The van der Waals surface area contributed by atoms with Gasteiger partial charge in [-0.15, -0.1) is 0 Å². The van der Waals surface area contributed by atoms with E-state index >= 15 is 0 Å². The van der Waals surface area contributed by atoms with Gasteiger partial charge in [0.1, 0.15) is 0 Å². The Morgan fingerprint density at radius 1 is 1.00 bits per heavy atom. The first-order valence-electron chi connectivity index (χ1n) is 11.2. The van der Waals surface area contributed by atoms with Gasteiger partial charge >= 0.3 is 6.03 Å². The summed E-state index contributed by atoms with van der Waals surface area (Å²) in [7, 11) is -3.68. The number of rotatable bonds is 5. The number of carbonyl (C=O) groups excluding carboxylic acids is 1. The van der Waals surface area contributed by atoms with Crippen LogP contribution in [0.2, 0.25) is 0 Å². The maximum absolute atomic E-state index is 12.9. The number of aryl methyl sites for hydroxylation is 2. The van der Waals surface area contributed by atoms with Gasteiger partial charge in [0.15, 0.2) is 0 Å². The van der Waals surface area contributed by atoms with E-state index in [4.69, 9.17) is 0 Å². The lowest BCUT2D eigenvalue weighted by atomic mass is 9.99. The molecular formula is C22H31N3O3S. The van der Waals surface area contributed by atoms with Crippen molar-refractivity contribution in [2.24, 2.45) is 5.92 Å². The second kappa shape index (κ2) is 7.58. The Kier molecular flexibility index (Phi) is 5.06. The fourth-order valence-electron chi connectivity index (χ4n) is 5.42. The maximum atomic E-state index is 12.9. The summed E-state index contributed by atoms with van der Waals surface area (Å²) in [6.45, 7) is 2.51. The van der Waals surface area contributed by atoms with E-state index in [2.05, 4.69) is 21.0 Å². The predicted molar refractivity (Wildman–Crippen MR) is 114 cm³/mol. The molecule has 4 aliphatic rings. The highest BCUT2D eigenvalue weighted by molar-refractivity contribution is 7.90. The lowest BCUT2D eigenvalue weighted by Crippen LogP contribution is -2.49. The molecule has 1 saturated heterocycles. The van der Waals surface area contributed by atoms with Crippen molar-refractivity contribution in [2.45, 2.75) is 69.5 Å². The zero-order valence-electron chi connectivity index (χ0n) is 17.0. The Balaban J connectivity index is 1.28. The number of nitrogens with zero attached hydrogens (tertiary/aromatic N) is 1. The average Bonchev–Trinajstić information content (AvgIpc) is 3.16. The third-order valence-corrected chi connectivity index (χ3v) is 8.79. The molecule has 6 nitrogen and oxygen atoms in total. The number of carbonyl (C=O) groups is 1. The van der Waals surface area contributed by atoms with Crippen molar-refractivity contribution >= 4 is 21.7 Å². The monoisotopic (exact) mass is 417 g/mol. The summed E-state index contributed by atoms with van der Waals surface area (Å²) in [6, 6.07) is 1.71. The van der Waals surface area contributed by atoms with Crippen molar-refractivity contribution < 1.29 is 13.2 Å². The highest BCUT2D eigenvalue weighted by atomic mass is 32.2. The summed E-state index contributed by atoms with van der Waals surface area (Å²) in [5, 5.41) is 2.44. The molecule has 29 heavy (non-hydrogen) atoms. The summed E-state index contributed by atoms with van der Waals surface area (Å²) in [6.07, 6.45) is 10.3. The third kappa shape index (κ3) is 4.04. The highest BCUT2D eigenvalue weighted by Crippen LogP contribution is 2.38. The minimum atomic E-state index is -3.68. The Bertz CT molecular complexity index is 891. The standard InChI is InChI=1S/C22H31N3O3S/c26-22(23-21-19-7-1-4-16(19)12-17-5-2-8-20(17)21)24-29(27,28)18-6-3-11-25(14-18)13-15-9-10-15/h12,15,18H,1-11,13-14H2,(H2,23,24,26). The Morgan fingerprint density at radius 3 is 2.34 bits per heavy atom. The summed E-state index contributed by atoms with van der Waals surface area (Å²) in [4.78, 5) is 15.0. The molecule has 0 aromatic heterocycles. The average molecular weight is 418 g/mol. The van der Waals surface area contributed by atoms with Crippen LogP contribution in [0.3, 0.4) is 0 Å². The molecule has 2 amide bonds. The fourth-order valence-corrected chi connectivity index (χ4v) is 6.78. The van der Waals surface area contributed by atoms with Gasteiger partial charge in [-0.3, -0.25) is 0 Å². The van der Waals surface area contributed by atoms with Gasteiger partial charge in [-0.1, -0.05) is 6.07 Å². The molecule has 1 atom stereocenters. The van der Waals surface area contributed by atoms with Crippen LogP contribution in [-0.2, 0) is 35.7 Å². The van der Waals surface area contributed by atoms with Gasteiger partial charge in [-0.2, -0.15) is 0 Å². The molecule has 3 aliphatic carbocycles. The van der Waals surface area contributed by atoms with Crippen LogP contribution < -0.4 is 10.0 Å². The van der Waals surface area contributed by atoms with E-state index < -0.39 is 21.3 Å². The highest BCUT2D eigenvalue weighted by Gasteiger charge is 2.35. The minimum Gasteiger partial charge on any atom is -0.307 e. The number of anilines is 1. The molecule has 0 bridgehead atoms. The Labute approximate surface area is 173 Å². The summed E-state index contributed by atoms with van der Waals surface area (Å²) < 4.78 is 28.1. The molecule has 2 fully saturated rings. The molecule has 1 aliphatic heterocycles. The summed E-state index contributed by atoms with van der Waals surface area (Å²) in [5.41, 5.74) is 5.97. The number of benzene rings is 1. The molecule has 1 heterocycles. The summed E-state index contributed by atoms with van der Waals surface area (Å²) in [5.74, 6) is 0.745. The van der Waals surface area contributed by atoms with Gasteiger partial charge < -0.3 is 10.2 Å². The number of piperidine rings is 1. The fraction of sp³-hybridized carbons (Fsp3) is 0.682. The number of likely N-dealkylation sites (tertiary alicyclic amines) is 1. The van der Waals surface area contributed by atoms with Gasteiger partial charge in [0, 0.05) is 18.8 Å². The normalized spacial score (nSPS) is 24.2. The molecule has 5 rings (SSSR count). The quantitative estimate of drug-likeness (QED) is 0.772. The number of hydrogen-bond donors (Lipinski definition) is 2. The smallest absolute Gasteiger partial charge is 0.307 e. The van der Waals surface area contributed by atoms with Gasteiger partial charge in [-0.05, 0) is 98.9 Å². The Hall–Kier alpha value is -1.60.